The second kappa shape index (κ2) is 7.72. The zero-order chi connectivity index (χ0) is 21.5. The summed E-state index contributed by atoms with van der Waals surface area (Å²) in [5.41, 5.74) is 3.69. The van der Waals surface area contributed by atoms with Gasteiger partial charge in [-0.15, -0.1) is 11.3 Å². The molecule has 0 radical (unpaired) electrons. The number of hydrogen-bond acceptors (Lipinski definition) is 6. The summed E-state index contributed by atoms with van der Waals surface area (Å²) in [6, 6.07) is 17.8. The molecule has 7 nitrogen and oxygen atoms in total. The van der Waals surface area contributed by atoms with Gasteiger partial charge in [-0.2, -0.15) is 0 Å². The highest BCUT2D eigenvalue weighted by Gasteiger charge is 2.24. The van der Waals surface area contributed by atoms with Gasteiger partial charge in [0.15, 0.2) is 0 Å². The first-order valence-corrected chi connectivity index (χ1v) is 11.4. The van der Waals surface area contributed by atoms with Crippen LogP contribution in [0, 0.1) is 0 Å². The summed E-state index contributed by atoms with van der Waals surface area (Å²) < 4.78 is 2.04. The molecule has 6 rings (SSSR count). The highest BCUT2D eigenvalue weighted by atomic mass is 32.1. The summed E-state index contributed by atoms with van der Waals surface area (Å²) in [5.74, 6) is 1.02. The lowest BCUT2D eigenvalue weighted by molar-refractivity contribution is 0.0746. The molecule has 1 saturated heterocycles. The van der Waals surface area contributed by atoms with E-state index in [1.54, 1.807) is 17.7 Å². The third kappa shape index (κ3) is 3.20. The number of benzene rings is 2. The van der Waals surface area contributed by atoms with Crippen molar-refractivity contribution < 1.29 is 4.79 Å². The first-order chi connectivity index (χ1) is 15.8. The van der Waals surface area contributed by atoms with E-state index >= 15 is 0 Å². The highest BCUT2D eigenvalue weighted by Crippen LogP contribution is 2.27. The number of rotatable bonds is 3. The number of thiophene rings is 1. The van der Waals surface area contributed by atoms with E-state index in [9.17, 15) is 4.79 Å². The van der Waals surface area contributed by atoms with E-state index in [1.165, 1.54) is 0 Å². The van der Waals surface area contributed by atoms with Crippen molar-refractivity contribution in [2.24, 2.45) is 0 Å². The molecule has 0 spiro atoms. The van der Waals surface area contributed by atoms with Crippen LogP contribution >= 0.6 is 11.3 Å². The van der Waals surface area contributed by atoms with Crippen LogP contribution in [0.15, 0.2) is 72.6 Å². The maximum absolute atomic E-state index is 13.1. The second-order valence-corrected chi connectivity index (χ2v) is 8.66. The van der Waals surface area contributed by atoms with Gasteiger partial charge in [0.05, 0.1) is 16.4 Å². The fraction of sp³-hybridized carbons (Fsp3) is 0.167. The lowest BCUT2D eigenvalue weighted by Crippen LogP contribution is -2.49. The predicted molar refractivity (Wildman–Crippen MR) is 127 cm³/mol. The number of para-hydroxylation sites is 2. The van der Waals surface area contributed by atoms with Crippen molar-refractivity contribution in [2.45, 2.75) is 0 Å². The molecule has 0 N–H and O–H groups in total. The van der Waals surface area contributed by atoms with Gasteiger partial charge in [0.2, 0.25) is 0 Å². The number of nitrogens with zero attached hydrogens (tertiary/aromatic N) is 6. The van der Waals surface area contributed by atoms with Gasteiger partial charge in [0.1, 0.15) is 23.3 Å². The molecule has 3 aromatic heterocycles. The zero-order valence-electron chi connectivity index (χ0n) is 17.3. The molecule has 0 atom stereocenters. The molecule has 0 bridgehead atoms. The van der Waals surface area contributed by atoms with Gasteiger partial charge >= 0.3 is 0 Å². The van der Waals surface area contributed by atoms with Gasteiger partial charge < -0.3 is 9.80 Å². The molecule has 1 aliphatic rings. The largest absolute Gasteiger partial charge is 0.352 e. The van der Waals surface area contributed by atoms with E-state index in [0.717, 1.165) is 45.8 Å². The van der Waals surface area contributed by atoms with Gasteiger partial charge in [-0.25, -0.2) is 15.0 Å². The Bertz CT molecular complexity index is 1420. The Labute approximate surface area is 188 Å². The van der Waals surface area contributed by atoms with Gasteiger partial charge in [-0.05, 0) is 47.8 Å². The fourth-order valence-corrected chi connectivity index (χ4v) is 4.99. The SMILES string of the molecule is O=C(c1ccc(-n2cnc3ccccc32)cc1)N1CCN(c2ncnc3sccc23)CC1. The summed E-state index contributed by atoms with van der Waals surface area (Å²) in [7, 11) is 0. The van der Waals surface area contributed by atoms with Crippen molar-refractivity contribution in [2.75, 3.05) is 31.1 Å². The summed E-state index contributed by atoms with van der Waals surface area (Å²) in [6.07, 6.45) is 3.44. The smallest absolute Gasteiger partial charge is 0.253 e. The van der Waals surface area contributed by atoms with Crippen molar-refractivity contribution in [1.82, 2.24) is 24.4 Å². The van der Waals surface area contributed by atoms with Crippen molar-refractivity contribution in [3.05, 3.63) is 78.2 Å². The average molecular weight is 441 g/mol. The number of fused-ring (bicyclic) bond motifs is 2. The summed E-state index contributed by atoms with van der Waals surface area (Å²) in [5, 5.41) is 3.12. The molecule has 8 heteroatoms. The minimum absolute atomic E-state index is 0.0649. The Hall–Kier alpha value is -3.78. The molecule has 4 heterocycles. The highest BCUT2D eigenvalue weighted by molar-refractivity contribution is 7.16. The van der Waals surface area contributed by atoms with Crippen molar-refractivity contribution >= 4 is 44.3 Å². The molecule has 0 aliphatic carbocycles. The van der Waals surface area contributed by atoms with Crippen molar-refractivity contribution in [3.8, 4) is 5.69 Å². The lowest BCUT2D eigenvalue weighted by atomic mass is 10.1. The summed E-state index contributed by atoms with van der Waals surface area (Å²) >= 11 is 1.62. The Morgan fingerprint density at radius 1 is 0.875 bits per heavy atom. The van der Waals surface area contributed by atoms with E-state index < -0.39 is 0 Å². The first kappa shape index (κ1) is 18.9. The number of carbonyl (C=O) groups excluding carboxylic acids is 1. The second-order valence-electron chi connectivity index (χ2n) is 7.77. The Balaban J connectivity index is 1.17. The molecule has 0 unspecified atom stereocenters. The van der Waals surface area contributed by atoms with E-state index in [2.05, 4.69) is 25.9 Å². The maximum Gasteiger partial charge on any atom is 0.253 e. The number of amides is 1. The van der Waals surface area contributed by atoms with Crippen LogP contribution < -0.4 is 4.90 Å². The number of carbonyl (C=O) groups is 1. The van der Waals surface area contributed by atoms with Crippen LogP contribution in [0.1, 0.15) is 10.4 Å². The Kier molecular flexibility index (Phi) is 4.57. The first-order valence-electron chi connectivity index (χ1n) is 10.5. The normalized spacial score (nSPS) is 14.4. The number of imidazole rings is 1. The number of anilines is 1. The maximum atomic E-state index is 13.1. The molecule has 5 aromatic rings. The number of piperazine rings is 1. The topological polar surface area (TPSA) is 67.2 Å². The third-order valence-corrected chi connectivity index (χ3v) is 6.77. The quantitative estimate of drug-likeness (QED) is 0.424. The van der Waals surface area contributed by atoms with Gasteiger partial charge in [-0.3, -0.25) is 9.36 Å². The van der Waals surface area contributed by atoms with Crippen LogP contribution in [0.4, 0.5) is 5.82 Å². The molecule has 2 aromatic carbocycles. The molecule has 158 valence electrons. The van der Waals surface area contributed by atoms with Gasteiger partial charge in [0, 0.05) is 37.4 Å². The number of aromatic nitrogens is 4. The Morgan fingerprint density at radius 3 is 2.53 bits per heavy atom. The van der Waals surface area contributed by atoms with Crippen molar-refractivity contribution in [3.63, 3.8) is 0 Å². The minimum atomic E-state index is 0.0649. The molecule has 0 saturated carbocycles. The zero-order valence-corrected chi connectivity index (χ0v) is 18.1. The van der Waals surface area contributed by atoms with Crippen LogP contribution in [0.3, 0.4) is 0 Å². The van der Waals surface area contributed by atoms with Gasteiger partial charge in [-0.1, -0.05) is 12.1 Å². The fourth-order valence-electron chi connectivity index (χ4n) is 4.26. The lowest BCUT2D eigenvalue weighted by Gasteiger charge is -2.35. The third-order valence-electron chi connectivity index (χ3n) is 5.95. The molecular weight excluding hydrogens is 420 g/mol. The van der Waals surface area contributed by atoms with Crippen molar-refractivity contribution in [1.29, 1.82) is 0 Å². The Morgan fingerprint density at radius 2 is 1.69 bits per heavy atom. The average Bonchev–Trinajstić information content (AvgIpc) is 3.51. The monoisotopic (exact) mass is 440 g/mol. The molecule has 32 heavy (non-hydrogen) atoms. The standard InChI is InChI=1S/C24H20N6OS/c31-24(17-5-7-18(8-6-17)30-16-27-20-3-1-2-4-21(20)30)29-12-10-28(11-13-29)22-19-9-14-32-23(19)26-15-25-22/h1-9,14-16H,10-13H2. The summed E-state index contributed by atoms with van der Waals surface area (Å²) in [4.78, 5) is 31.5. The molecule has 1 fully saturated rings. The van der Waals surface area contributed by atoms with E-state index in [1.807, 2.05) is 69.7 Å². The van der Waals surface area contributed by atoms with E-state index in [-0.39, 0.29) is 5.91 Å². The van der Waals surface area contributed by atoms with Crippen LogP contribution in [-0.2, 0) is 0 Å². The van der Waals surface area contributed by atoms with Crippen LogP contribution in [-0.4, -0.2) is 56.5 Å². The van der Waals surface area contributed by atoms with Gasteiger partial charge in [0.25, 0.3) is 5.91 Å². The van der Waals surface area contributed by atoms with Crippen LogP contribution in [0.25, 0.3) is 26.9 Å². The molecule has 1 amide bonds. The molecule has 1 aliphatic heterocycles. The van der Waals surface area contributed by atoms with E-state index in [4.69, 9.17) is 0 Å². The van der Waals surface area contributed by atoms with E-state index in [0.29, 0.717) is 18.7 Å². The summed E-state index contributed by atoms with van der Waals surface area (Å²) in [6.45, 7) is 2.85. The van der Waals surface area contributed by atoms with Crippen LogP contribution in [0.5, 0.6) is 0 Å². The minimum Gasteiger partial charge on any atom is -0.352 e. The predicted octanol–water partition coefficient (Wildman–Crippen LogP) is 3.99. The number of hydrogen-bond donors (Lipinski definition) is 0. The van der Waals surface area contributed by atoms with Crippen LogP contribution in [0.2, 0.25) is 0 Å². The molecular formula is C24H20N6OS.